The number of benzene rings is 1. The standard InChI is InChI=1S/C14H22N2O/c1-11-3-2-7-16(8-6-11)10-12-4-5-14(17)13(15)9-12/h4-5,9,11,17H,2-3,6-8,10,15H2,1H3. The third-order valence-corrected chi connectivity index (χ3v) is 3.61. The Bertz CT molecular complexity index is 378. The molecule has 1 heterocycles. The van der Waals surface area contributed by atoms with Crippen LogP contribution in [-0.4, -0.2) is 23.1 Å². The van der Waals surface area contributed by atoms with E-state index in [9.17, 15) is 5.11 Å². The summed E-state index contributed by atoms with van der Waals surface area (Å²) < 4.78 is 0. The molecule has 1 aliphatic heterocycles. The zero-order valence-electron chi connectivity index (χ0n) is 10.5. The van der Waals surface area contributed by atoms with Gasteiger partial charge in [-0.2, -0.15) is 0 Å². The Morgan fingerprint density at radius 1 is 1.35 bits per heavy atom. The van der Waals surface area contributed by atoms with Crippen LogP contribution in [0.3, 0.4) is 0 Å². The van der Waals surface area contributed by atoms with E-state index in [-0.39, 0.29) is 5.75 Å². The number of nitrogens with two attached hydrogens (primary N) is 1. The number of rotatable bonds is 2. The molecule has 0 saturated carbocycles. The zero-order valence-corrected chi connectivity index (χ0v) is 10.5. The third-order valence-electron chi connectivity index (χ3n) is 3.61. The summed E-state index contributed by atoms with van der Waals surface area (Å²) in [6, 6.07) is 5.52. The van der Waals surface area contributed by atoms with Gasteiger partial charge in [-0.15, -0.1) is 0 Å². The van der Waals surface area contributed by atoms with Crippen LogP contribution in [0, 0.1) is 5.92 Å². The van der Waals surface area contributed by atoms with Gasteiger partial charge in [0.2, 0.25) is 0 Å². The number of hydrogen-bond donors (Lipinski definition) is 2. The minimum absolute atomic E-state index is 0.179. The van der Waals surface area contributed by atoms with Gasteiger partial charge in [-0.05, 0) is 56.0 Å². The lowest BCUT2D eigenvalue weighted by Crippen LogP contribution is -2.24. The minimum atomic E-state index is 0.179. The summed E-state index contributed by atoms with van der Waals surface area (Å²) in [5, 5.41) is 9.39. The lowest BCUT2D eigenvalue weighted by molar-refractivity contribution is 0.273. The van der Waals surface area contributed by atoms with Crippen LogP contribution in [0.4, 0.5) is 5.69 Å². The Morgan fingerprint density at radius 3 is 2.94 bits per heavy atom. The number of nitrogens with zero attached hydrogens (tertiary/aromatic N) is 1. The SMILES string of the molecule is CC1CCCN(Cc2ccc(O)c(N)c2)CC1. The molecule has 1 aromatic carbocycles. The fourth-order valence-electron chi connectivity index (χ4n) is 2.44. The van der Waals surface area contributed by atoms with Crippen LogP contribution in [0.2, 0.25) is 0 Å². The van der Waals surface area contributed by atoms with Gasteiger partial charge >= 0.3 is 0 Å². The molecule has 1 aromatic rings. The average Bonchev–Trinajstić information content (AvgIpc) is 2.49. The van der Waals surface area contributed by atoms with Crippen LogP contribution in [-0.2, 0) is 6.54 Å². The largest absolute Gasteiger partial charge is 0.506 e. The summed E-state index contributed by atoms with van der Waals surface area (Å²) in [5.74, 6) is 1.03. The molecule has 0 aliphatic carbocycles. The van der Waals surface area contributed by atoms with Crippen molar-refractivity contribution in [1.29, 1.82) is 0 Å². The van der Waals surface area contributed by atoms with Crippen LogP contribution >= 0.6 is 0 Å². The predicted molar refractivity (Wildman–Crippen MR) is 70.8 cm³/mol. The Hall–Kier alpha value is -1.22. The van der Waals surface area contributed by atoms with Crippen LogP contribution in [0.1, 0.15) is 31.7 Å². The molecule has 2 rings (SSSR count). The van der Waals surface area contributed by atoms with Gasteiger partial charge in [0.1, 0.15) is 5.75 Å². The van der Waals surface area contributed by atoms with Crippen molar-refractivity contribution in [3.63, 3.8) is 0 Å². The first-order valence-corrected chi connectivity index (χ1v) is 6.45. The van der Waals surface area contributed by atoms with Gasteiger partial charge in [0.25, 0.3) is 0 Å². The van der Waals surface area contributed by atoms with Crippen molar-refractivity contribution in [2.75, 3.05) is 18.8 Å². The Kier molecular flexibility index (Phi) is 3.89. The lowest BCUT2D eigenvalue weighted by atomic mass is 10.0. The quantitative estimate of drug-likeness (QED) is 0.611. The predicted octanol–water partition coefficient (Wildman–Crippen LogP) is 2.60. The second-order valence-electron chi connectivity index (χ2n) is 5.21. The van der Waals surface area contributed by atoms with E-state index in [1.54, 1.807) is 6.07 Å². The molecule has 1 fully saturated rings. The first-order chi connectivity index (χ1) is 8.15. The van der Waals surface area contributed by atoms with Gasteiger partial charge < -0.3 is 10.8 Å². The molecule has 1 saturated heterocycles. The number of likely N-dealkylation sites (tertiary alicyclic amines) is 1. The molecule has 0 radical (unpaired) electrons. The maximum Gasteiger partial charge on any atom is 0.138 e. The van der Waals surface area contributed by atoms with Crippen molar-refractivity contribution < 1.29 is 5.11 Å². The van der Waals surface area contributed by atoms with Gasteiger partial charge in [-0.25, -0.2) is 0 Å². The van der Waals surface area contributed by atoms with Crippen molar-refractivity contribution in [3.05, 3.63) is 23.8 Å². The summed E-state index contributed by atoms with van der Waals surface area (Å²) in [6.07, 6.45) is 3.91. The van der Waals surface area contributed by atoms with Gasteiger partial charge in [0.15, 0.2) is 0 Å². The summed E-state index contributed by atoms with van der Waals surface area (Å²) in [6.45, 7) is 5.62. The van der Waals surface area contributed by atoms with Crippen LogP contribution in [0.15, 0.2) is 18.2 Å². The van der Waals surface area contributed by atoms with E-state index < -0.39 is 0 Å². The average molecular weight is 234 g/mol. The van der Waals surface area contributed by atoms with Crippen molar-refractivity contribution in [3.8, 4) is 5.75 Å². The van der Waals surface area contributed by atoms with Crippen molar-refractivity contribution >= 4 is 5.69 Å². The van der Waals surface area contributed by atoms with Crippen molar-refractivity contribution in [1.82, 2.24) is 4.90 Å². The third kappa shape index (κ3) is 3.37. The number of phenolic OH excluding ortho intramolecular Hbond substituents is 1. The van der Waals surface area contributed by atoms with E-state index in [4.69, 9.17) is 5.73 Å². The molecule has 0 bridgehead atoms. The molecule has 17 heavy (non-hydrogen) atoms. The van der Waals surface area contributed by atoms with Crippen molar-refractivity contribution in [2.45, 2.75) is 32.7 Å². The monoisotopic (exact) mass is 234 g/mol. The Labute approximate surface area is 103 Å². The van der Waals surface area contributed by atoms with E-state index in [0.717, 1.165) is 12.5 Å². The topological polar surface area (TPSA) is 49.5 Å². The first-order valence-electron chi connectivity index (χ1n) is 6.45. The second-order valence-corrected chi connectivity index (χ2v) is 5.21. The lowest BCUT2D eigenvalue weighted by Gasteiger charge is -2.20. The van der Waals surface area contributed by atoms with E-state index >= 15 is 0 Å². The number of hydrogen-bond acceptors (Lipinski definition) is 3. The molecular formula is C14H22N2O. The van der Waals surface area contributed by atoms with E-state index in [1.165, 1.54) is 37.9 Å². The maximum atomic E-state index is 9.39. The van der Waals surface area contributed by atoms with E-state index in [2.05, 4.69) is 11.8 Å². The number of anilines is 1. The van der Waals surface area contributed by atoms with Crippen LogP contribution < -0.4 is 5.73 Å². The molecule has 3 heteroatoms. The molecule has 1 aliphatic rings. The molecule has 94 valence electrons. The Morgan fingerprint density at radius 2 is 2.18 bits per heavy atom. The summed E-state index contributed by atoms with van der Waals surface area (Å²) >= 11 is 0. The zero-order chi connectivity index (χ0) is 12.3. The second kappa shape index (κ2) is 5.41. The molecular weight excluding hydrogens is 212 g/mol. The van der Waals surface area contributed by atoms with Gasteiger partial charge in [-0.1, -0.05) is 13.0 Å². The highest BCUT2D eigenvalue weighted by molar-refractivity contribution is 5.53. The highest BCUT2D eigenvalue weighted by Gasteiger charge is 2.14. The van der Waals surface area contributed by atoms with Crippen molar-refractivity contribution in [2.24, 2.45) is 5.92 Å². The number of phenols is 1. The first kappa shape index (κ1) is 12.2. The smallest absolute Gasteiger partial charge is 0.138 e. The van der Waals surface area contributed by atoms with E-state index in [0.29, 0.717) is 5.69 Å². The van der Waals surface area contributed by atoms with Gasteiger partial charge in [0, 0.05) is 6.54 Å². The highest BCUT2D eigenvalue weighted by atomic mass is 16.3. The molecule has 0 spiro atoms. The fourth-order valence-corrected chi connectivity index (χ4v) is 2.44. The minimum Gasteiger partial charge on any atom is -0.506 e. The van der Waals surface area contributed by atoms with Crippen LogP contribution in [0.25, 0.3) is 0 Å². The van der Waals surface area contributed by atoms with Gasteiger partial charge in [-0.3, -0.25) is 4.90 Å². The summed E-state index contributed by atoms with van der Waals surface area (Å²) in [4.78, 5) is 2.48. The van der Waals surface area contributed by atoms with Crippen LogP contribution in [0.5, 0.6) is 5.75 Å². The molecule has 0 amide bonds. The van der Waals surface area contributed by atoms with E-state index in [1.807, 2.05) is 12.1 Å². The molecule has 3 nitrogen and oxygen atoms in total. The molecule has 3 N–H and O–H groups in total. The van der Waals surface area contributed by atoms with Gasteiger partial charge in [0.05, 0.1) is 5.69 Å². The molecule has 1 atom stereocenters. The number of aromatic hydroxyl groups is 1. The normalized spacial score (nSPS) is 22.3. The molecule has 0 aromatic heterocycles. The maximum absolute atomic E-state index is 9.39. The summed E-state index contributed by atoms with van der Waals surface area (Å²) in [7, 11) is 0. The highest BCUT2D eigenvalue weighted by Crippen LogP contribution is 2.23. The number of nitrogen functional groups attached to an aromatic ring is 1. The molecule has 1 unspecified atom stereocenters. The fraction of sp³-hybridized carbons (Fsp3) is 0.571. The Balaban J connectivity index is 1.97. The summed E-state index contributed by atoms with van der Waals surface area (Å²) in [5.41, 5.74) is 7.38.